The molecule has 1 amide bonds. The standard InChI is InChI=1S/C33H61NO8/c1-23(2)27(35)14-17-39-20-33(21-40-18-15-28(36)24(3)4,22-41-19-16-29(37)25(5)6)34(13)30(38)31(9,10)32(11,12)42-26(7)8/h23-26H,14-22H2,1-13H3. The Morgan fingerprint density at radius 3 is 1.17 bits per heavy atom. The molecule has 0 saturated carbocycles. The van der Waals surface area contributed by atoms with Crippen molar-refractivity contribution in [2.45, 2.75) is 120 Å². The van der Waals surface area contributed by atoms with Gasteiger partial charge in [0.15, 0.2) is 0 Å². The van der Waals surface area contributed by atoms with Gasteiger partial charge in [-0.1, -0.05) is 41.5 Å². The molecule has 0 aromatic heterocycles. The molecule has 0 unspecified atom stereocenters. The fourth-order valence-electron chi connectivity index (χ4n) is 4.21. The Hall–Kier alpha value is -1.68. The highest BCUT2D eigenvalue weighted by atomic mass is 16.5. The summed E-state index contributed by atoms with van der Waals surface area (Å²) in [5.41, 5.74) is -2.85. The van der Waals surface area contributed by atoms with Crippen molar-refractivity contribution in [2.24, 2.45) is 23.2 Å². The quantitative estimate of drug-likeness (QED) is 0.145. The molecule has 0 radical (unpaired) electrons. The molecule has 0 heterocycles. The molecule has 42 heavy (non-hydrogen) atoms. The first-order chi connectivity index (χ1) is 19.2. The van der Waals surface area contributed by atoms with Crippen molar-refractivity contribution in [3.05, 3.63) is 0 Å². The first kappa shape index (κ1) is 40.3. The van der Waals surface area contributed by atoms with E-state index in [4.69, 9.17) is 18.9 Å². The van der Waals surface area contributed by atoms with Gasteiger partial charge in [0.2, 0.25) is 5.91 Å². The average Bonchev–Trinajstić information content (AvgIpc) is 2.88. The third-order valence-corrected chi connectivity index (χ3v) is 8.11. The maximum atomic E-state index is 14.2. The number of ketones is 3. The fourth-order valence-corrected chi connectivity index (χ4v) is 4.21. The molecule has 0 bridgehead atoms. The molecule has 0 rings (SSSR count). The zero-order chi connectivity index (χ0) is 32.9. The van der Waals surface area contributed by atoms with Crippen LogP contribution < -0.4 is 0 Å². The Morgan fingerprint density at radius 1 is 0.595 bits per heavy atom. The zero-order valence-corrected chi connectivity index (χ0v) is 28.9. The Kier molecular flexibility index (Phi) is 17.5. The highest BCUT2D eigenvalue weighted by Crippen LogP contribution is 2.38. The Balaban J connectivity index is 6.26. The van der Waals surface area contributed by atoms with E-state index in [0.29, 0.717) is 0 Å². The minimum atomic E-state index is -1.09. The number of Topliss-reactive ketones (excluding diaryl/α,β-unsaturated/α-hetero) is 3. The summed E-state index contributed by atoms with van der Waals surface area (Å²) >= 11 is 0. The van der Waals surface area contributed by atoms with E-state index in [9.17, 15) is 19.2 Å². The summed E-state index contributed by atoms with van der Waals surface area (Å²) in [4.78, 5) is 52.5. The van der Waals surface area contributed by atoms with Crippen LogP contribution in [0.3, 0.4) is 0 Å². The van der Waals surface area contributed by atoms with Gasteiger partial charge in [0.05, 0.1) is 56.8 Å². The van der Waals surface area contributed by atoms with Crippen molar-refractivity contribution >= 4 is 23.3 Å². The molecule has 0 aromatic rings. The number of carbonyl (C=O) groups excluding carboxylic acids is 4. The third kappa shape index (κ3) is 12.9. The normalized spacial score (nSPS) is 13.0. The van der Waals surface area contributed by atoms with Gasteiger partial charge in [-0.25, -0.2) is 0 Å². The smallest absolute Gasteiger partial charge is 0.231 e. The van der Waals surface area contributed by atoms with Gasteiger partial charge in [0.1, 0.15) is 22.9 Å². The van der Waals surface area contributed by atoms with Crippen molar-refractivity contribution in [1.82, 2.24) is 4.90 Å². The lowest BCUT2D eigenvalue weighted by molar-refractivity contribution is -0.181. The minimum absolute atomic E-state index is 0.0401. The maximum Gasteiger partial charge on any atom is 0.231 e. The summed E-state index contributed by atoms with van der Waals surface area (Å²) in [5.74, 6) is -0.235. The molecule has 0 saturated heterocycles. The summed E-state index contributed by atoms with van der Waals surface area (Å²) in [6.07, 6.45) is 0.659. The topological polar surface area (TPSA) is 108 Å². The summed E-state index contributed by atoms with van der Waals surface area (Å²) < 4.78 is 24.3. The zero-order valence-electron chi connectivity index (χ0n) is 28.9. The van der Waals surface area contributed by atoms with E-state index in [1.165, 1.54) is 0 Å². The van der Waals surface area contributed by atoms with Crippen LogP contribution in [0.1, 0.15) is 102 Å². The molecule has 9 heteroatoms. The monoisotopic (exact) mass is 599 g/mol. The minimum Gasteiger partial charge on any atom is -0.378 e. The lowest BCUT2D eigenvalue weighted by Crippen LogP contribution is -2.64. The van der Waals surface area contributed by atoms with E-state index < -0.39 is 16.6 Å². The number of hydrogen-bond donors (Lipinski definition) is 0. The molecule has 9 nitrogen and oxygen atoms in total. The number of amides is 1. The second-order valence-corrected chi connectivity index (χ2v) is 13.7. The van der Waals surface area contributed by atoms with Crippen LogP contribution in [0.15, 0.2) is 0 Å². The molecule has 0 aliphatic carbocycles. The Labute approximate surface area is 255 Å². The van der Waals surface area contributed by atoms with Crippen molar-refractivity contribution in [3.8, 4) is 0 Å². The van der Waals surface area contributed by atoms with Crippen LogP contribution in [0, 0.1) is 23.2 Å². The second-order valence-electron chi connectivity index (χ2n) is 13.7. The number of carbonyl (C=O) groups is 4. The van der Waals surface area contributed by atoms with E-state index >= 15 is 0 Å². The number of likely N-dealkylation sites (N-methyl/N-ethyl adjacent to an activating group) is 1. The van der Waals surface area contributed by atoms with Gasteiger partial charge in [0, 0.05) is 44.1 Å². The molecule has 0 aromatic carbocycles. The molecular weight excluding hydrogens is 538 g/mol. The van der Waals surface area contributed by atoms with Gasteiger partial charge in [-0.2, -0.15) is 0 Å². The van der Waals surface area contributed by atoms with E-state index in [2.05, 4.69) is 0 Å². The predicted octanol–water partition coefficient (Wildman–Crippen LogP) is 5.31. The van der Waals surface area contributed by atoms with E-state index in [1.807, 2.05) is 83.1 Å². The van der Waals surface area contributed by atoms with Crippen LogP contribution >= 0.6 is 0 Å². The summed E-state index contributed by atoms with van der Waals surface area (Å²) in [7, 11) is 1.70. The molecule has 0 spiro atoms. The van der Waals surface area contributed by atoms with Crippen LogP contribution in [0.4, 0.5) is 0 Å². The highest BCUT2D eigenvalue weighted by Gasteiger charge is 2.50. The van der Waals surface area contributed by atoms with Crippen LogP contribution in [-0.2, 0) is 38.1 Å². The van der Waals surface area contributed by atoms with Gasteiger partial charge in [0.25, 0.3) is 0 Å². The maximum absolute atomic E-state index is 14.2. The summed E-state index contributed by atoms with van der Waals surface area (Å²) in [6, 6.07) is 0. The Morgan fingerprint density at radius 2 is 0.905 bits per heavy atom. The first-order valence-electron chi connectivity index (χ1n) is 15.5. The van der Waals surface area contributed by atoms with Crippen molar-refractivity contribution in [2.75, 3.05) is 46.7 Å². The third-order valence-electron chi connectivity index (χ3n) is 8.11. The fraction of sp³-hybridized carbons (Fsp3) is 0.879. The number of hydrogen-bond acceptors (Lipinski definition) is 8. The second kappa shape index (κ2) is 18.2. The Bertz CT molecular complexity index is 791. The van der Waals surface area contributed by atoms with Crippen molar-refractivity contribution < 1.29 is 38.1 Å². The van der Waals surface area contributed by atoms with E-state index in [0.717, 1.165) is 0 Å². The summed E-state index contributed by atoms with van der Waals surface area (Å²) in [5, 5.41) is 0. The molecule has 0 fully saturated rings. The highest BCUT2D eigenvalue weighted by molar-refractivity contribution is 5.84. The SMILES string of the molecule is CC(C)OC(C)(C)C(C)(C)C(=O)N(C)C(COCCC(=O)C(C)C)(COCCC(=O)C(C)C)COCCC(=O)C(C)C. The first-order valence-corrected chi connectivity index (χ1v) is 15.5. The van der Waals surface area contributed by atoms with Crippen LogP contribution in [-0.4, -0.2) is 92.1 Å². The average molecular weight is 600 g/mol. The van der Waals surface area contributed by atoms with Gasteiger partial charge in [-0.05, 0) is 41.5 Å². The number of nitrogens with zero attached hydrogens (tertiary/aromatic N) is 1. The molecular formula is C33H61NO8. The lowest BCUT2D eigenvalue weighted by Gasteiger charge is -2.48. The molecule has 0 N–H and O–H groups in total. The number of rotatable bonds is 23. The number of ether oxygens (including phenoxy) is 4. The van der Waals surface area contributed by atoms with Gasteiger partial charge < -0.3 is 23.8 Å². The molecule has 0 atom stereocenters. The largest absolute Gasteiger partial charge is 0.378 e. The molecule has 246 valence electrons. The van der Waals surface area contributed by atoms with Crippen molar-refractivity contribution in [3.63, 3.8) is 0 Å². The molecule has 0 aliphatic rings. The van der Waals surface area contributed by atoms with Gasteiger partial charge in [-0.15, -0.1) is 0 Å². The predicted molar refractivity (Wildman–Crippen MR) is 165 cm³/mol. The van der Waals surface area contributed by atoms with E-state index in [-0.39, 0.29) is 106 Å². The van der Waals surface area contributed by atoms with Crippen LogP contribution in [0.25, 0.3) is 0 Å². The van der Waals surface area contributed by atoms with Gasteiger partial charge in [-0.3, -0.25) is 19.2 Å². The molecule has 0 aliphatic heterocycles. The van der Waals surface area contributed by atoms with Crippen LogP contribution in [0.5, 0.6) is 0 Å². The lowest BCUT2D eigenvalue weighted by atomic mass is 9.75. The van der Waals surface area contributed by atoms with Crippen molar-refractivity contribution in [1.29, 1.82) is 0 Å². The van der Waals surface area contributed by atoms with E-state index in [1.54, 1.807) is 11.9 Å². The summed E-state index contributed by atoms with van der Waals surface area (Å²) in [6.45, 7) is 23.1. The van der Waals surface area contributed by atoms with Crippen LogP contribution in [0.2, 0.25) is 0 Å². The van der Waals surface area contributed by atoms with Gasteiger partial charge >= 0.3 is 0 Å².